The number of amides is 1. The molecule has 0 radical (unpaired) electrons. The number of rotatable bonds is 8. The van der Waals surface area contributed by atoms with E-state index in [2.05, 4.69) is 27.8 Å². The summed E-state index contributed by atoms with van der Waals surface area (Å²) >= 11 is 0. The molecule has 3 aromatic rings. The van der Waals surface area contributed by atoms with Crippen LogP contribution in [0, 0.1) is 5.82 Å². The fraction of sp³-hybridized carbons (Fsp3) is 0.263. The summed E-state index contributed by atoms with van der Waals surface area (Å²) in [5.41, 5.74) is 1.12. The van der Waals surface area contributed by atoms with Crippen LogP contribution in [0.3, 0.4) is 0 Å². The van der Waals surface area contributed by atoms with Crippen molar-refractivity contribution in [2.24, 2.45) is 0 Å². The van der Waals surface area contributed by atoms with Crippen molar-refractivity contribution in [2.45, 2.75) is 26.3 Å². The maximum Gasteiger partial charge on any atom is 0.251 e. The van der Waals surface area contributed by atoms with Gasteiger partial charge in [-0.15, -0.1) is 5.10 Å². The van der Waals surface area contributed by atoms with Crippen LogP contribution in [-0.2, 0) is 6.54 Å². The Bertz CT molecular complexity index is 878. The Morgan fingerprint density at radius 3 is 2.59 bits per heavy atom. The molecule has 0 saturated carbocycles. The van der Waals surface area contributed by atoms with Gasteiger partial charge in [0.2, 0.25) is 0 Å². The highest BCUT2D eigenvalue weighted by Gasteiger charge is 2.11. The van der Waals surface area contributed by atoms with E-state index >= 15 is 0 Å². The molecular formula is C19H20FN5O2. The molecule has 1 heterocycles. The first-order chi connectivity index (χ1) is 13.2. The summed E-state index contributed by atoms with van der Waals surface area (Å²) < 4.78 is 20.1. The SMILES string of the molecule is CCCCOc1ccc(C(=O)NCc2nnnn2-c2ccc(F)cc2)cc1. The van der Waals surface area contributed by atoms with Gasteiger partial charge in [-0.3, -0.25) is 4.79 Å². The van der Waals surface area contributed by atoms with Crippen molar-refractivity contribution in [1.82, 2.24) is 25.5 Å². The zero-order chi connectivity index (χ0) is 19.1. The Labute approximate surface area is 156 Å². The third kappa shape index (κ3) is 4.87. The normalized spacial score (nSPS) is 10.6. The summed E-state index contributed by atoms with van der Waals surface area (Å²) in [6, 6.07) is 12.7. The number of nitrogens with zero attached hydrogens (tertiary/aromatic N) is 4. The van der Waals surface area contributed by atoms with Crippen molar-refractivity contribution in [3.8, 4) is 11.4 Å². The Balaban J connectivity index is 1.60. The number of nitrogens with one attached hydrogen (secondary N) is 1. The summed E-state index contributed by atoms with van der Waals surface area (Å²) in [4.78, 5) is 12.3. The van der Waals surface area contributed by atoms with Crippen LogP contribution in [0.15, 0.2) is 48.5 Å². The molecule has 1 aromatic heterocycles. The molecule has 2 aromatic carbocycles. The molecule has 0 aliphatic carbocycles. The van der Waals surface area contributed by atoms with Gasteiger partial charge in [-0.1, -0.05) is 13.3 Å². The number of aromatic nitrogens is 4. The Kier molecular flexibility index (Phi) is 6.09. The fourth-order valence-corrected chi connectivity index (χ4v) is 2.40. The van der Waals surface area contributed by atoms with Gasteiger partial charge in [0.05, 0.1) is 18.8 Å². The summed E-state index contributed by atoms with van der Waals surface area (Å²) in [6.07, 6.45) is 2.06. The Hall–Kier alpha value is -3.29. The van der Waals surface area contributed by atoms with Gasteiger partial charge in [-0.05, 0) is 65.4 Å². The second-order valence-electron chi connectivity index (χ2n) is 5.89. The molecule has 140 valence electrons. The lowest BCUT2D eigenvalue weighted by Gasteiger charge is -2.08. The molecule has 1 amide bonds. The number of hydrogen-bond donors (Lipinski definition) is 1. The van der Waals surface area contributed by atoms with E-state index in [0.29, 0.717) is 23.7 Å². The molecule has 3 rings (SSSR count). The van der Waals surface area contributed by atoms with Gasteiger partial charge in [-0.25, -0.2) is 4.39 Å². The molecule has 8 heteroatoms. The molecule has 0 aliphatic rings. The van der Waals surface area contributed by atoms with Crippen molar-refractivity contribution in [1.29, 1.82) is 0 Å². The number of tetrazole rings is 1. The van der Waals surface area contributed by atoms with Crippen molar-refractivity contribution in [3.63, 3.8) is 0 Å². The minimum Gasteiger partial charge on any atom is -0.494 e. The van der Waals surface area contributed by atoms with Crippen LogP contribution in [0.4, 0.5) is 4.39 Å². The average Bonchev–Trinajstić information content (AvgIpc) is 3.16. The summed E-state index contributed by atoms with van der Waals surface area (Å²) in [7, 11) is 0. The molecule has 0 saturated heterocycles. The number of halogens is 1. The number of hydrogen-bond acceptors (Lipinski definition) is 5. The number of carbonyl (C=O) groups excluding carboxylic acids is 1. The maximum atomic E-state index is 13.1. The predicted molar refractivity (Wildman–Crippen MR) is 97.1 cm³/mol. The van der Waals surface area contributed by atoms with Crippen LogP contribution >= 0.6 is 0 Å². The van der Waals surface area contributed by atoms with E-state index in [4.69, 9.17) is 4.74 Å². The van der Waals surface area contributed by atoms with Crippen molar-refractivity contribution in [2.75, 3.05) is 6.61 Å². The Morgan fingerprint density at radius 2 is 1.89 bits per heavy atom. The summed E-state index contributed by atoms with van der Waals surface area (Å²) in [5, 5.41) is 14.2. The van der Waals surface area contributed by atoms with E-state index in [1.54, 1.807) is 36.4 Å². The first-order valence-electron chi connectivity index (χ1n) is 8.71. The number of ether oxygens (including phenoxy) is 1. The molecule has 1 N–H and O–H groups in total. The van der Waals surface area contributed by atoms with E-state index in [0.717, 1.165) is 18.6 Å². The van der Waals surface area contributed by atoms with E-state index in [1.807, 2.05) is 0 Å². The second kappa shape index (κ2) is 8.88. The minimum atomic E-state index is -0.344. The van der Waals surface area contributed by atoms with Gasteiger partial charge in [0, 0.05) is 5.56 Å². The maximum absolute atomic E-state index is 13.1. The van der Waals surface area contributed by atoms with Gasteiger partial charge in [-0.2, -0.15) is 4.68 Å². The highest BCUT2D eigenvalue weighted by Crippen LogP contribution is 2.13. The Morgan fingerprint density at radius 1 is 1.15 bits per heavy atom. The molecule has 0 atom stereocenters. The van der Waals surface area contributed by atoms with Crippen LogP contribution in [0.25, 0.3) is 5.69 Å². The monoisotopic (exact) mass is 369 g/mol. The average molecular weight is 369 g/mol. The first-order valence-corrected chi connectivity index (χ1v) is 8.71. The highest BCUT2D eigenvalue weighted by atomic mass is 19.1. The summed E-state index contributed by atoms with van der Waals surface area (Å²) in [5.74, 6) is 0.585. The smallest absolute Gasteiger partial charge is 0.251 e. The number of unbranched alkanes of at least 4 members (excludes halogenated alkanes) is 1. The first kappa shape index (κ1) is 18.5. The predicted octanol–water partition coefficient (Wildman–Crippen LogP) is 2.91. The lowest BCUT2D eigenvalue weighted by Crippen LogP contribution is -2.24. The van der Waals surface area contributed by atoms with Crippen molar-refractivity contribution < 1.29 is 13.9 Å². The largest absolute Gasteiger partial charge is 0.494 e. The molecule has 0 aliphatic heterocycles. The second-order valence-corrected chi connectivity index (χ2v) is 5.89. The lowest BCUT2D eigenvalue weighted by molar-refractivity contribution is 0.0949. The van der Waals surface area contributed by atoms with E-state index in [9.17, 15) is 9.18 Å². The van der Waals surface area contributed by atoms with E-state index in [1.165, 1.54) is 16.8 Å². The fourth-order valence-electron chi connectivity index (χ4n) is 2.40. The van der Waals surface area contributed by atoms with Gasteiger partial charge in [0.15, 0.2) is 5.82 Å². The topological polar surface area (TPSA) is 81.9 Å². The van der Waals surface area contributed by atoms with Crippen LogP contribution in [0.2, 0.25) is 0 Å². The molecule has 0 spiro atoms. The molecule has 0 bridgehead atoms. The van der Waals surface area contributed by atoms with E-state index in [-0.39, 0.29) is 18.3 Å². The van der Waals surface area contributed by atoms with Gasteiger partial charge in [0.25, 0.3) is 5.91 Å². The zero-order valence-electron chi connectivity index (χ0n) is 14.9. The van der Waals surface area contributed by atoms with Crippen LogP contribution in [0.5, 0.6) is 5.75 Å². The molecule has 7 nitrogen and oxygen atoms in total. The minimum absolute atomic E-state index is 0.137. The molecule has 0 unspecified atom stereocenters. The van der Waals surface area contributed by atoms with E-state index < -0.39 is 0 Å². The van der Waals surface area contributed by atoms with Crippen LogP contribution in [-0.4, -0.2) is 32.7 Å². The molecule has 0 fully saturated rings. The zero-order valence-corrected chi connectivity index (χ0v) is 14.9. The third-order valence-electron chi connectivity index (χ3n) is 3.90. The highest BCUT2D eigenvalue weighted by molar-refractivity contribution is 5.94. The molecule has 27 heavy (non-hydrogen) atoms. The van der Waals surface area contributed by atoms with Crippen LogP contribution < -0.4 is 10.1 Å². The third-order valence-corrected chi connectivity index (χ3v) is 3.90. The van der Waals surface area contributed by atoms with Gasteiger partial charge < -0.3 is 10.1 Å². The van der Waals surface area contributed by atoms with Crippen molar-refractivity contribution in [3.05, 3.63) is 65.7 Å². The molecular weight excluding hydrogens is 349 g/mol. The number of benzene rings is 2. The van der Waals surface area contributed by atoms with Crippen LogP contribution in [0.1, 0.15) is 35.9 Å². The van der Waals surface area contributed by atoms with Gasteiger partial charge >= 0.3 is 0 Å². The lowest BCUT2D eigenvalue weighted by atomic mass is 10.2. The summed E-state index contributed by atoms with van der Waals surface area (Å²) in [6.45, 7) is 2.90. The quantitative estimate of drug-likeness (QED) is 0.618. The number of carbonyl (C=O) groups is 1. The van der Waals surface area contributed by atoms with Crippen molar-refractivity contribution >= 4 is 5.91 Å². The standard InChI is InChI=1S/C19H20FN5O2/c1-2-3-12-27-17-10-4-14(5-11-17)19(26)21-13-18-22-23-24-25(18)16-8-6-15(20)7-9-16/h4-11H,2-3,12-13H2,1H3,(H,21,26). The van der Waals surface area contributed by atoms with Gasteiger partial charge in [0.1, 0.15) is 11.6 Å².